The fourth-order valence-electron chi connectivity index (χ4n) is 10.5. The maximum Gasteiger partial charge on any atom is 0.0374 e. The van der Waals surface area contributed by atoms with Gasteiger partial charge in [0.05, 0.1) is 0 Å². The topological polar surface area (TPSA) is 3.01 Å². The van der Waals surface area contributed by atoms with Crippen LogP contribution >= 0.6 is 0 Å². The summed E-state index contributed by atoms with van der Waals surface area (Å²) >= 11 is 0. The predicted molar refractivity (Wildman–Crippen MR) is 114 cm³/mol. The Hall–Kier alpha value is -0.740. The first-order valence-electron chi connectivity index (χ1n) is 12.6. The zero-order chi connectivity index (χ0) is 18.6. The van der Waals surface area contributed by atoms with Crippen LogP contribution in [0.3, 0.4) is 0 Å². The lowest BCUT2D eigenvalue weighted by atomic mass is 9.44. The Kier molecular flexibility index (Phi) is 3.21. The second-order valence-corrected chi connectivity index (χ2v) is 12.0. The van der Waals surface area contributed by atoms with E-state index in [2.05, 4.69) is 23.7 Å². The summed E-state index contributed by atoms with van der Waals surface area (Å²) in [5, 5.41) is 0. The molecule has 0 N–H and O–H groups in total. The summed E-state index contributed by atoms with van der Waals surface area (Å²) in [7, 11) is 0. The summed E-state index contributed by atoms with van der Waals surface area (Å²) < 4.78 is 0. The quantitative estimate of drug-likeness (QED) is 0.281. The van der Waals surface area contributed by atoms with Gasteiger partial charge in [-0.15, -0.1) is 11.8 Å². The van der Waals surface area contributed by atoms with E-state index in [9.17, 15) is 0 Å². The summed E-state index contributed by atoms with van der Waals surface area (Å²) in [5.74, 6) is 9.55. The molecule has 150 valence electrons. The second kappa shape index (κ2) is 5.29. The summed E-state index contributed by atoms with van der Waals surface area (Å²) in [6, 6.07) is 0. The fraction of sp³-hybridized carbons (Fsp3) is 0.852. The highest BCUT2D eigenvalue weighted by molar-refractivity contribution is 5.44. The van der Waals surface area contributed by atoms with Gasteiger partial charge in [-0.25, -0.2) is 0 Å². The number of nitrogens with zero attached hydrogens (tertiary/aromatic N) is 1. The van der Waals surface area contributed by atoms with Gasteiger partial charge in [-0.3, -0.25) is 4.90 Å². The Morgan fingerprint density at radius 2 is 1.82 bits per heavy atom. The van der Waals surface area contributed by atoms with Crippen molar-refractivity contribution in [1.29, 1.82) is 0 Å². The molecule has 0 aromatic heterocycles. The Bertz CT molecular complexity index is 827. The third kappa shape index (κ3) is 1.71. The van der Waals surface area contributed by atoms with Crippen molar-refractivity contribution in [3.63, 3.8) is 0 Å². The van der Waals surface area contributed by atoms with E-state index in [0.29, 0.717) is 21.8 Å². The van der Waals surface area contributed by atoms with Crippen LogP contribution in [0.1, 0.15) is 96.8 Å². The largest absolute Gasteiger partial charge is 0.294 e. The number of rotatable bonds is 0. The van der Waals surface area contributed by atoms with E-state index in [1.54, 1.807) is 0 Å². The van der Waals surface area contributed by atoms with Gasteiger partial charge in [0.1, 0.15) is 0 Å². The van der Waals surface area contributed by atoms with E-state index in [-0.39, 0.29) is 0 Å². The minimum atomic E-state index is 0.509. The molecule has 1 saturated heterocycles. The molecule has 1 heteroatoms. The lowest BCUT2D eigenvalue weighted by Gasteiger charge is -2.60. The van der Waals surface area contributed by atoms with Crippen molar-refractivity contribution in [2.75, 3.05) is 13.1 Å². The van der Waals surface area contributed by atoms with Crippen LogP contribution in [0.4, 0.5) is 0 Å². The molecule has 2 aliphatic heterocycles. The molecule has 7 rings (SSSR count). The molecule has 5 aliphatic carbocycles. The highest BCUT2D eigenvalue weighted by Gasteiger charge is 2.75. The normalized spacial score (nSPS) is 56.0. The molecule has 2 heterocycles. The van der Waals surface area contributed by atoms with Gasteiger partial charge in [0, 0.05) is 36.9 Å². The molecule has 1 unspecified atom stereocenters. The minimum absolute atomic E-state index is 0.509. The van der Waals surface area contributed by atoms with Gasteiger partial charge >= 0.3 is 0 Å². The first kappa shape index (κ1) is 17.0. The van der Waals surface area contributed by atoms with Crippen LogP contribution in [-0.4, -0.2) is 23.5 Å². The predicted octanol–water partition coefficient (Wildman–Crippen LogP) is 6.10. The fourth-order valence-corrected chi connectivity index (χ4v) is 10.5. The maximum absolute atomic E-state index is 3.90. The van der Waals surface area contributed by atoms with E-state index in [1.807, 2.05) is 11.1 Å². The number of allylic oxidation sites excluding steroid dienone is 2. The third-order valence-corrected chi connectivity index (χ3v) is 11.7. The molecule has 0 aromatic rings. The van der Waals surface area contributed by atoms with Crippen LogP contribution in [0.25, 0.3) is 0 Å². The van der Waals surface area contributed by atoms with Gasteiger partial charge in [-0.2, -0.15) is 0 Å². The molecule has 4 saturated carbocycles. The molecule has 3 spiro atoms. The van der Waals surface area contributed by atoms with Crippen molar-refractivity contribution in [2.45, 2.75) is 102 Å². The molecule has 1 nitrogen and oxygen atoms in total. The van der Waals surface area contributed by atoms with Gasteiger partial charge < -0.3 is 0 Å². The van der Waals surface area contributed by atoms with Crippen LogP contribution in [0.5, 0.6) is 0 Å². The summed E-state index contributed by atoms with van der Waals surface area (Å²) in [4.78, 5) is 3.01. The van der Waals surface area contributed by atoms with E-state index in [1.165, 1.54) is 103 Å². The zero-order valence-corrected chi connectivity index (χ0v) is 17.9. The highest BCUT2D eigenvalue weighted by atomic mass is 15.4. The molecule has 4 bridgehead atoms. The molecule has 0 aromatic carbocycles. The van der Waals surface area contributed by atoms with E-state index >= 15 is 0 Å². The summed E-state index contributed by atoms with van der Waals surface area (Å²) in [6.45, 7) is 5.34. The van der Waals surface area contributed by atoms with Crippen molar-refractivity contribution in [2.24, 2.45) is 28.1 Å². The first-order valence-corrected chi connectivity index (χ1v) is 12.6. The molecule has 0 radical (unpaired) electrons. The van der Waals surface area contributed by atoms with Crippen molar-refractivity contribution in [3.05, 3.63) is 11.1 Å². The Morgan fingerprint density at radius 3 is 2.79 bits per heavy atom. The SMILES string of the molecule is CC1=C2C[C@]34CC[C@H]5CCCC[C@]3(CC#CC[C@@H]3CCC[C@@]36CN6C4)[C@@]25CC1. The molecular formula is C27H37N. The van der Waals surface area contributed by atoms with Gasteiger partial charge in [-0.05, 0) is 87.4 Å². The van der Waals surface area contributed by atoms with Crippen LogP contribution < -0.4 is 0 Å². The average Bonchev–Trinajstić information content (AvgIpc) is 3.03. The van der Waals surface area contributed by atoms with E-state index < -0.39 is 0 Å². The molecule has 0 amide bonds. The minimum Gasteiger partial charge on any atom is -0.294 e. The highest BCUT2D eigenvalue weighted by Crippen LogP contribution is 2.81. The van der Waals surface area contributed by atoms with Crippen molar-refractivity contribution < 1.29 is 0 Å². The van der Waals surface area contributed by atoms with Crippen LogP contribution in [0.15, 0.2) is 11.1 Å². The monoisotopic (exact) mass is 375 g/mol. The average molecular weight is 376 g/mol. The lowest BCUT2D eigenvalue weighted by Crippen LogP contribution is -2.56. The van der Waals surface area contributed by atoms with Gasteiger partial charge in [0.25, 0.3) is 0 Å². The first-order chi connectivity index (χ1) is 13.7. The van der Waals surface area contributed by atoms with Crippen molar-refractivity contribution >= 4 is 0 Å². The van der Waals surface area contributed by atoms with Crippen LogP contribution in [0, 0.1) is 39.9 Å². The third-order valence-electron chi connectivity index (χ3n) is 11.7. The van der Waals surface area contributed by atoms with Gasteiger partial charge in [0.15, 0.2) is 0 Å². The van der Waals surface area contributed by atoms with Gasteiger partial charge in [0.2, 0.25) is 0 Å². The smallest absolute Gasteiger partial charge is 0.0374 e. The molecule has 7 atom stereocenters. The standard InChI is InChI=1S/C27H37N/c1-20-10-16-27-22-8-3-5-14-26(27)13-4-2-7-21-9-6-12-25(21)19-28(25)18-24(26,15-11-22)17-23(20)27/h21-22H,3,5-19H2,1H3/t21-,22-,24+,25-,26+,27-,28?/m1/s1. The van der Waals surface area contributed by atoms with Crippen LogP contribution in [0.2, 0.25) is 0 Å². The van der Waals surface area contributed by atoms with Crippen molar-refractivity contribution in [3.8, 4) is 11.8 Å². The number of hydrogen-bond donors (Lipinski definition) is 0. The zero-order valence-electron chi connectivity index (χ0n) is 17.9. The summed E-state index contributed by atoms with van der Waals surface area (Å²) in [6.07, 6.45) is 20.1. The Labute approximate surface area is 171 Å². The molecule has 28 heavy (non-hydrogen) atoms. The number of hydrogen-bond acceptors (Lipinski definition) is 1. The van der Waals surface area contributed by atoms with Crippen LogP contribution in [-0.2, 0) is 0 Å². The molecular weight excluding hydrogens is 338 g/mol. The molecule has 5 fully saturated rings. The Morgan fingerprint density at radius 1 is 0.893 bits per heavy atom. The van der Waals surface area contributed by atoms with Gasteiger partial charge in [-0.1, -0.05) is 30.4 Å². The summed E-state index contributed by atoms with van der Waals surface area (Å²) in [5.41, 5.74) is 5.98. The Balaban J connectivity index is 1.43. The maximum atomic E-state index is 3.90. The van der Waals surface area contributed by atoms with E-state index in [0.717, 1.165) is 11.8 Å². The van der Waals surface area contributed by atoms with Crippen molar-refractivity contribution in [1.82, 2.24) is 4.90 Å². The van der Waals surface area contributed by atoms with E-state index in [4.69, 9.17) is 0 Å². The lowest BCUT2D eigenvalue weighted by molar-refractivity contribution is -0.106. The second-order valence-electron chi connectivity index (χ2n) is 12.0. The molecule has 7 aliphatic rings.